The zero-order valence-electron chi connectivity index (χ0n) is 20.8. The van der Waals surface area contributed by atoms with E-state index in [-0.39, 0.29) is 26.9 Å². The second-order valence-electron chi connectivity index (χ2n) is 8.56. The molecule has 0 fully saturated rings. The van der Waals surface area contributed by atoms with Crippen molar-refractivity contribution in [1.82, 2.24) is 0 Å². The van der Waals surface area contributed by atoms with Crippen LogP contribution in [0.2, 0.25) is 0 Å². The Morgan fingerprint density at radius 3 is 2.00 bits per heavy atom. The number of amides is 1. The molecule has 8 nitrogen and oxygen atoms in total. The molecule has 0 saturated heterocycles. The van der Waals surface area contributed by atoms with Crippen LogP contribution in [0.25, 0.3) is 0 Å². The summed E-state index contributed by atoms with van der Waals surface area (Å²) in [5.74, 6) is -0.704. The van der Waals surface area contributed by atoms with E-state index in [4.69, 9.17) is 0 Å². The first-order valence-electron chi connectivity index (χ1n) is 11.7. The number of rotatable bonds is 9. The highest BCUT2D eigenvalue weighted by molar-refractivity contribution is 9.10. The van der Waals surface area contributed by atoms with Crippen LogP contribution in [-0.4, -0.2) is 29.3 Å². The minimum Gasteiger partial charge on any atom is -0.325 e. The molecule has 0 bridgehead atoms. The van der Waals surface area contributed by atoms with Gasteiger partial charge >= 0.3 is 6.18 Å². The Hall–Kier alpha value is -3.88. The van der Waals surface area contributed by atoms with E-state index in [1.165, 1.54) is 42.5 Å². The predicted molar refractivity (Wildman–Crippen MR) is 152 cm³/mol. The average molecular weight is 669 g/mol. The summed E-state index contributed by atoms with van der Waals surface area (Å²) in [6, 6.07) is 22.5. The van der Waals surface area contributed by atoms with Gasteiger partial charge in [-0.05, 0) is 78.9 Å². The van der Waals surface area contributed by atoms with E-state index in [1.807, 2.05) is 0 Å². The van der Waals surface area contributed by atoms with E-state index in [0.717, 1.165) is 28.6 Å². The van der Waals surface area contributed by atoms with Gasteiger partial charge in [0.1, 0.15) is 6.54 Å². The van der Waals surface area contributed by atoms with Crippen molar-refractivity contribution in [3.63, 3.8) is 0 Å². The van der Waals surface area contributed by atoms with Crippen molar-refractivity contribution in [2.45, 2.75) is 16.0 Å². The van der Waals surface area contributed by atoms with Crippen LogP contribution in [0.5, 0.6) is 0 Å². The van der Waals surface area contributed by atoms with E-state index >= 15 is 0 Å². The number of sulfonamides is 2. The van der Waals surface area contributed by atoms with Gasteiger partial charge in [-0.1, -0.05) is 40.2 Å². The first kappa shape index (κ1) is 30.1. The Bertz CT molecular complexity index is 1750. The second kappa shape index (κ2) is 11.9. The molecule has 0 atom stereocenters. The summed E-state index contributed by atoms with van der Waals surface area (Å²) in [7, 11) is -8.37. The highest BCUT2D eigenvalue weighted by Crippen LogP contribution is 2.31. The number of nitrogens with zero attached hydrogens (tertiary/aromatic N) is 1. The van der Waals surface area contributed by atoms with Gasteiger partial charge in [-0.2, -0.15) is 13.2 Å². The quantitative estimate of drug-likeness (QED) is 0.224. The minimum absolute atomic E-state index is 0.0152. The summed E-state index contributed by atoms with van der Waals surface area (Å²) in [6.07, 6.45) is -4.64. The first-order valence-corrected chi connectivity index (χ1v) is 15.4. The molecule has 0 aliphatic carbocycles. The third-order valence-electron chi connectivity index (χ3n) is 5.62. The van der Waals surface area contributed by atoms with Crippen molar-refractivity contribution < 1.29 is 34.8 Å². The lowest BCUT2D eigenvalue weighted by molar-refractivity contribution is -0.137. The van der Waals surface area contributed by atoms with Gasteiger partial charge in [0.2, 0.25) is 5.91 Å². The molecule has 0 aliphatic heterocycles. The predicted octanol–water partition coefficient (Wildman–Crippen LogP) is 6.10. The molecule has 2 N–H and O–H groups in total. The highest BCUT2D eigenvalue weighted by Gasteiger charge is 2.31. The van der Waals surface area contributed by atoms with Crippen LogP contribution < -0.4 is 14.3 Å². The molecule has 4 aromatic rings. The topological polar surface area (TPSA) is 113 Å². The van der Waals surface area contributed by atoms with Gasteiger partial charge in [-0.15, -0.1) is 0 Å². The molecule has 4 aromatic carbocycles. The maximum absolute atomic E-state index is 13.4. The largest absolute Gasteiger partial charge is 0.416 e. The van der Waals surface area contributed by atoms with Crippen LogP contribution >= 0.6 is 15.9 Å². The SMILES string of the molecule is O=C(CN(c1ccc(Br)cc1)S(=O)(=O)c1ccccc1)Nc1ccc(S(=O)(=O)Nc2cccc(C(F)(F)F)c2)cc1. The van der Waals surface area contributed by atoms with Gasteiger partial charge in [0, 0.05) is 15.8 Å². The van der Waals surface area contributed by atoms with Gasteiger partial charge in [0.05, 0.1) is 21.0 Å². The fraction of sp³-hybridized carbons (Fsp3) is 0.0741. The molecular formula is C27H21BrF3N3O5S2. The number of benzene rings is 4. The lowest BCUT2D eigenvalue weighted by Crippen LogP contribution is -2.38. The Kier molecular flexibility index (Phi) is 8.75. The van der Waals surface area contributed by atoms with Crippen LogP contribution in [-0.2, 0) is 31.0 Å². The molecule has 0 heterocycles. The summed E-state index contributed by atoms with van der Waals surface area (Å²) >= 11 is 3.29. The molecule has 0 aromatic heterocycles. The molecule has 4 rings (SSSR count). The van der Waals surface area contributed by atoms with Crippen LogP contribution in [0.1, 0.15) is 5.56 Å². The Balaban J connectivity index is 1.51. The Morgan fingerprint density at radius 1 is 0.756 bits per heavy atom. The van der Waals surface area contributed by atoms with Crippen LogP contribution in [0.3, 0.4) is 0 Å². The number of nitrogens with one attached hydrogen (secondary N) is 2. The Labute approximate surface area is 243 Å². The number of carbonyl (C=O) groups is 1. The van der Waals surface area contributed by atoms with Gasteiger partial charge in [0.15, 0.2) is 0 Å². The molecule has 1 amide bonds. The number of carbonyl (C=O) groups excluding carboxylic acids is 1. The maximum atomic E-state index is 13.4. The van der Waals surface area contributed by atoms with Crippen molar-refractivity contribution in [3.8, 4) is 0 Å². The summed E-state index contributed by atoms with van der Waals surface area (Å²) in [5.41, 5.74) is -0.873. The summed E-state index contributed by atoms with van der Waals surface area (Å²) in [5, 5.41) is 2.54. The summed E-state index contributed by atoms with van der Waals surface area (Å²) in [6.45, 7) is -0.587. The molecular weight excluding hydrogens is 647 g/mol. The number of hydrogen-bond acceptors (Lipinski definition) is 5. The van der Waals surface area contributed by atoms with E-state index < -0.39 is 44.2 Å². The Morgan fingerprint density at radius 2 is 1.39 bits per heavy atom. The van der Waals surface area contributed by atoms with E-state index in [9.17, 15) is 34.8 Å². The van der Waals surface area contributed by atoms with Crippen molar-refractivity contribution in [3.05, 3.63) is 113 Å². The zero-order valence-corrected chi connectivity index (χ0v) is 24.1. The third-order valence-corrected chi connectivity index (χ3v) is 9.34. The maximum Gasteiger partial charge on any atom is 0.416 e. The molecule has 214 valence electrons. The van der Waals surface area contributed by atoms with E-state index in [2.05, 4.69) is 26.0 Å². The minimum atomic E-state index is -4.64. The van der Waals surface area contributed by atoms with Crippen LogP contribution in [0.15, 0.2) is 117 Å². The van der Waals surface area contributed by atoms with Gasteiger partial charge in [0.25, 0.3) is 20.0 Å². The molecule has 0 spiro atoms. The number of halogens is 4. The number of hydrogen-bond donors (Lipinski definition) is 2. The zero-order chi connectivity index (χ0) is 29.8. The standard InChI is InChI=1S/C27H21BrF3N3O5S2/c28-20-9-13-23(14-10-20)34(41(38,39)25-7-2-1-3-8-25)18-26(35)32-21-11-15-24(16-12-21)40(36,37)33-22-6-4-5-19(17-22)27(29,30)31/h1-17,33H,18H2,(H,32,35). The fourth-order valence-electron chi connectivity index (χ4n) is 3.66. The normalized spacial score (nSPS) is 12.0. The van der Waals surface area contributed by atoms with Crippen molar-refractivity contribution >= 4 is 58.9 Å². The molecule has 0 aliphatic rings. The molecule has 41 heavy (non-hydrogen) atoms. The molecule has 0 radical (unpaired) electrons. The number of anilines is 3. The second-order valence-corrected chi connectivity index (χ2v) is 13.0. The van der Waals surface area contributed by atoms with Gasteiger partial charge < -0.3 is 5.32 Å². The van der Waals surface area contributed by atoms with Crippen LogP contribution in [0, 0.1) is 0 Å². The fourth-order valence-corrected chi connectivity index (χ4v) is 6.42. The van der Waals surface area contributed by atoms with Crippen molar-refractivity contribution in [2.75, 3.05) is 20.9 Å². The van der Waals surface area contributed by atoms with Gasteiger partial charge in [-0.3, -0.25) is 13.8 Å². The van der Waals surface area contributed by atoms with Crippen molar-refractivity contribution in [2.24, 2.45) is 0 Å². The van der Waals surface area contributed by atoms with E-state index in [1.54, 1.807) is 30.3 Å². The summed E-state index contributed by atoms with van der Waals surface area (Å²) < 4.78 is 94.8. The molecule has 14 heteroatoms. The number of alkyl halides is 3. The van der Waals surface area contributed by atoms with Gasteiger partial charge in [-0.25, -0.2) is 16.8 Å². The lowest BCUT2D eigenvalue weighted by atomic mass is 10.2. The smallest absolute Gasteiger partial charge is 0.325 e. The average Bonchev–Trinajstić information content (AvgIpc) is 2.92. The molecule has 0 unspecified atom stereocenters. The van der Waals surface area contributed by atoms with E-state index in [0.29, 0.717) is 10.5 Å². The monoisotopic (exact) mass is 667 g/mol. The summed E-state index contributed by atoms with van der Waals surface area (Å²) in [4.78, 5) is 12.6. The highest BCUT2D eigenvalue weighted by atomic mass is 79.9. The third kappa shape index (κ3) is 7.45. The first-order chi connectivity index (χ1) is 19.3. The van der Waals surface area contributed by atoms with Crippen molar-refractivity contribution in [1.29, 1.82) is 0 Å². The molecule has 0 saturated carbocycles. The lowest BCUT2D eigenvalue weighted by Gasteiger charge is -2.24. The van der Waals surface area contributed by atoms with Crippen LogP contribution in [0.4, 0.5) is 30.2 Å².